The van der Waals surface area contributed by atoms with E-state index in [4.69, 9.17) is 26.5 Å². The number of benzene rings is 1. The smallest absolute Gasteiger partial charge is 0.414 e. The highest BCUT2D eigenvalue weighted by Gasteiger charge is 2.34. The number of methoxy groups -OCH3 is 1. The van der Waals surface area contributed by atoms with Crippen LogP contribution in [0, 0.1) is 11.6 Å². The Morgan fingerprint density at radius 3 is 2.59 bits per heavy atom. The number of thiocarbonyl (C=S) groups is 1. The Morgan fingerprint density at radius 2 is 1.97 bits per heavy atom. The Balaban J connectivity index is 1.71. The van der Waals surface area contributed by atoms with Gasteiger partial charge in [0, 0.05) is 39.3 Å². The monoisotopic (exact) mass is 473 g/mol. The number of carbonyl (C=O) groups is 2. The largest absolute Gasteiger partial charge is 0.474 e. The molecule has 1 aromatic rings. The molecule has 13 heteroatoms. The van der Waals surface area contributed by atoms with Gasteiger partial charge in [-0.3, -0.25) is 9.74 Å². The van der Waals surface area contributed by atoms with Gasteiger partial charge in [-0.15, -0.1) is 0 Å². The maximum atomic E-state index is 15.0. The predicted octanol–water partition coefficient (Wildman–Crippen LogP) is 1.55. The summed E-state index contributed by atoms with van der Waals surface area (Å²) >= 11 is 4.87. The quantitative estimate of drug-likeness (QED) is 0.660. The average molecular weight is 474 g/mol. The van der Waals surface area contributed by atoms with Crippen molar-refractivity contribution in [3.05, 3.63) is 23.8 Å². The van der Waals surface area contributed by atoms with Crippen molar-refractivity contribution in [1.29, 1.82) is 0 Å². The lowest BCUT2D eigenvalue weighted by Crippen LogP contribution is -2.40. The first-order chi connectivity index (χ1) is 15.2. The van der Waals surface area contributed by atoms with Gasteiger partial charge in [0.05, 0.1) is 39.0 Å². The summed E-state index contributed by atoms with van der Waals surface area (Å²) in [6.45, 7) is 0.864. The summed E-state index contributed by atoms with van der Waals surface area (Å²) in [6, 6.07) is 1.82. The van der Waals surface area contributed by atoms with E-state index in [-0.39, 0.29) is 61.9 Å². The molecule has 10 nitrogen and oxygen atoms in total. The van der Waals surface area contributed by atoms with E-state index in [2.05, 4.69) is 5.32 Å². The molecule has 2 aliphatic heterocycles. The van der Waals surface area contributed by atoms with Gasteiger partial charge in [0.1, 0.15) is 11.8 Å². The molecular formula is C19H25F2N5O5S. The van der Waals surface area contributed by atoms with Gasteiger partial charge in [-0.1, -0.05) is 0 Å². The average Bonchev–Trinajstić information content (AvgIpc) is 2.96. The van der Waals surface area contributed by atoms with E-state index in [0.717, 1.165) is 22.1 Å². The molecule has 0 bridgehead atoms. The lowest BCUT2D eigenvalue weighted by Gasteiger charge is -2.25. The summed E-state index contributed by atoms with van der Waals surface area (Å²) in [4.78, 5) is 33.7. The number of cyclic esters (lactones) is 1. The molecule has 0 aromatic heterocycles. The molecule has 2 saturated heterocycles. The fourth-order valence-corrected chi connectivity index (χ4v) is 3.45. The molecule has 0 unspecified atom stereocenters. The molecule has 1 atom stereocenters. The van der Waals surface area contributed by atoms with Crippen molar-refractivity contribution in [2.75, 3.05) is 70.3 Å². The molecule has 3 amide bonds. The number of nitrogens with zero attached hydrogens (tertiary/aromatic N) is 4. The molecule has 2 heterocycles. The molecule has 2 fully saturated rings. The summed E-state index contributed by atoms with van der Waals surface area (Å²) in [5.41, 5.74) is -0.200. The van der Waals surface area contributed by atoms with E-state index in [9.17, 15) is 18.4 Å². The molecule has 2 aliphatic rings. The number of hydrogen-bond acceptors (Lipinski definition) is 7. The lowest BCUT2D eigenvalue weighted by molar-refractivity contribution is -0.111. The Labute approximate surface area is 189 Å². The Hall–Kier alpha value is -2.93. The Bertz CT molecular complexity index is 867. The van der Waals surface area contributed by atoms with Crippen LogP contribution in [0.25, 0.3) is 0 Å². The molecule has 3 rings (SSSR count). The maximum Gasteiger partial charge on any atom is 0.414 e. The first kappa shape index (κ1) is 23.7. The molecule has 0 spiro atoms. The van der Waals surface area contributed by atoms with Crippen LogP contribution in [0.1, 0.15) is 0 Å². The second-order valence-electron chi connectivity index (χ2n) is 7.35. The molecular weight excluding hydrogens is 448 g/mol. The van der Waals surface area contributed by atoms with Crippen LogP contribution >= 0.6 is 12.2 Å². The van der Waals surface area contributed by atoms with Crippen molar-refractivity contribution in [3.8, 4) is 0 Å². The van der Waals surface area contributed by atoms with Gasteiger partial charge in [-0.25, -0.2) is 23.4 Å². The van der Waals surface area contributed by atoms with Crippen molar-refractivity contribution in [1.82, 2.24) is 15.3 Å². The summed E-state index contributed by atoms with van der Waals surface area (Å²) < 4.78 is 39.9. The van der Waals surface area contributed by atoms with Crippen LogP contribution in [-0.4, -0.2) is 93.9 Å². The van der Waals surface area contributed by atoms with Gasteiger partial charge in [0.15, 0.2) is 11.6 Å². The van der Waals surface area contributed by atoms with Crippen molar-refractivity contribution in [2.45, 2.75) is 6.10 Å². The minimum atomic E-state index is -0.831. The van der Waals surface area contributed by atoms with E-state index in [1.165, 1.54) is 16.9 Å². The summed E-state index contributed by atoms with van der Waals surface area (Å²) in [5, 5.41) is 4.08. The normalized spacial score (nSPS) is 18.8. The number of anilines is 2. The second kappa shape index (κ2) is 10.1. The number of hydrogen-bond donors (Lipinski definition) is 1. The van der Waals surface area contributed by atoms with Crippen molar-refractivity contribution in [2.24, 2.45) is 0 Å². The van der Waals surface area contributed by atoms with E-state index in [1.807, 2.05) is 0 Å². The number of amides is 3. The highest BCUT2D eigenvalue weighted by atomic mass is 32.1. The highest BCUT2D eigenvalue weighted by molar-refractivity contribution is 7.80. The Morgan fingerprint density at radius 1 is 1.28 bits per heavy atom. The van der Waals surface area contributed by atoms with Crippen LogP contribution in [0.3, 0.4) is 0 Å². The third-order valence-electron chi connectivity index (χ3n) is 4.94. The number of halogens is 2. The summed E-state index contributed by atoms with van der Waals surface area (Å²) in [7, 11) is 4.58. The summed E-state index contributed by atoms with van der Waals surface area (Å²) in [5.74, 6) is -1.66. The standard InChI is InChI=1S/C19H25F2N5O5S/c1-23(2)18(27)26-5-4-24(6-7-30-26)16-14(20)8-12(9-15(16)21)25-11-13(31-19(25)28)10-22-17(32)29-3/h8-9,13H,4-7,10-11H2,1-3H3,(H,22,32)/t13-/m0/s1. The third-order valence-corrected chi connectivity index (χ3v) is 5.25. The molecule has 0 aliphatic carbocycles. The topological polar surface area (TPSA) is 86.8 Å². The Kier molecular flexibility index (Phi) is 7.51. The van der Waals surface area contributed by atoms with Crippen molar-refractivity contribution in [3.63, 3.8) is 0 Å². The second-order valence-corrected chi connectivity index (χ2v) is 7.72. The molecule has 32 heavy (non-hydrogen) atoms. The molecule has 1 aromatic carbocycles. The number of carbonyl (C=O) groups excluding carboxylic acids is 2. The molecule has 176 valence electrons. The molecule has 1 N–H and O–H groups in total. The van der Waals surface area contributed by atoms with E-state index in [0.29, 0.717) is 0 Å². The van der Waals surface area contributed by atoms with Crippen molar-refractivity contribution < 1.29 is 32.7 Å². The van der Waals surface area contributed by atoms with Crippen LogP contribution < -0.4 is 15.1 Å². The molecule has 0 saturated carbocycles. The van der Waals surface area contributed by atoms with Gasteiger partial charge < -0.3 is 24.6 Å². The predicted molar refractivity (Wildman–Crippen MR) is 116 cm³/mol. The zero-order valence-corrected chi connectivity index (χ0v) is 18.8. The maximum absolute atomic E-state index is 15.0. The summed E-state index contributed by atoms with van der Waals surface area (Å²) in [6.07, 6.45) is -1.28. The van der Waals surface area contributed by atoms with Gasteiger partial charge in [-0.05, 0) is 12.2 Å². The van der Waals surface area contributed by atoms with Gasteiger partial charge >= 0.3 is 12.1 Å². The number of nitrogens with one attached hydrogen (secondary N) is 1. The number of ether oxygens (including phenoxy) is 2. The SMILES string of the molecule is COC(=S)NC[C@H]1CN(c2cc(F)c(N3CCON(C(=O)N(C)C)CC3)c(F)c2)C(=O)O1. The zero-order valence-electron chi connectivity index (χ0n) is 18.0. The number of rotatable bonds is 4. The first-order valence-corrected chi connectivity index (χ1v) is 10.3. The minimum absolute atomic E-state index is 0.0426. The van der Waals surface area contributed by atoms with Crippen LogP contribution in [0.5, 0.6) is 0 Å². The number of urea groups is 1. The van der Waals surface area contributed by atoms with Gasteiger partial charge in [0.2, 0.25) is 0 Å². The fourth-order valence-electron chi connectivity index (χ4n) is 3.36. The lowest BCUT2D eigenvalue weighted by atomic mass is 10.2. The van der Waals surface area contributed by atoms with Crippen LogP contribution in [0.4, 0.5) is 29.7 Å². The zero-order chi connectivity index (χ0) is 23.4. The van der Waals surface area contributed by atoms with E-state index < -0.39 is 23.8 Å². The van der Waals surface area contributed by atoms with Crippen LogP contribution in [0.2, 0.25) is 0 Å². The minimum Gasteiger partial charge on any atom is -0.474 e. The fraction of sp³-hybridized carbons (Fsp3) is 0.526. The third kappa shape index (κ3) is 5.27. The van der Waals surface area contributed by atoms with Crippen LogP contribution in [-0.2, 0) is 14.3 Å². The first-order valence-electron chi connectivity index (χ1n) is 9.87. The molecule has 0 radical (unpaired) electrons. The van der Waals surface area contributed by atoms with Gasteiger partial charge in [-0.2, -0.15) is 0 Å². The van der Waals surface area contributed by atoms with E-state index >= 15 is 0 Å². The van der Waals surface area contributed by atoms with E-state index in [1.54, 1.807) is 14.1 Å². The van der Waals surface area contributed by atoms with Crippen molar-refractivity contribution >= 4 is 40.9 Å². The highest BCUT2D eigenvalue weighted by Crippen LogP contribution is 2.31. The number of hydroxylamine groups is 2. The van der Waals surface area contributed by atoms with Crippen LogP contribution in [0.15, 0.2) is 12.1 Å². The van der Waals surface area contributed by atoms with Gasteiger partial charge in [0.25, 0.3) is 5.17 Å².